The average molecular weight is 317 g/mol. The molecule has 1 heterocycles. The highest BCUT2D eigenvalue weighted by Crippen LogP contribution is 2.30. The van der Waals surface area contributed by atoms with Crippen molar-refractivity contribution in [3.8, 4) is 11.6 Å². The Hall–Kier alpha value is -2.53. The minimum Gasteiger partial charge on any atom is -0.437 e. The highest BCUT2D eigenvalue weighted by atomic mass is 35.5. The van der Waals surface area contributed by atoms with Crippen LogP contribution in [0.3, 0.4) is 0 Å². The molecule has 4 nitrogen and oxygen atoms in total. The maximum absolute atomic E-state index is 13.1. The third kappa shape index (κ3) is 2.76. The lowest BCUT2D eigenvalue weighted by Gasteiger charge is -2.10. The molecule has 0 aliphatic heterocycles. The first-order valence-corrected chi connectivity index (χ1v) is 6.82. The van der Waals surface area contributed by atoms with E-state index in [9.17, 15) is 9.18 Å². The van der Waals surface area contributed by atoms with E-state index in [1.54, 1.807) is 18.2 Å². The fourth-order valence-electron chi connectivity index (χ4n) is 2.06. The van der Waals surface area contributed by atoms with Gasteiger partial charge in [0, 0.05) is 6.07 Å². The van der Waals surface area contributed by atoms with E-state index in [4.69, 9.17) is 16.3 Å². The van der Waals surface area contributed by atoms with Gasteiger partial charge in [0.05, 0.1) is 27.8 Å². The van der Waals surface area contributed by atoms with Crippen LogP contribution in [0.2, 0.25) is 5.02 Å². The molecule has 0 spiro atoms. The van der Waals surface area contributed by atoms with Gasteiger partial charge in [-0.3, -0.25) is 4.79 Å². The van der Waals surface area contributed by atoms with Gasteiger partial charge in [-0.1, -0.05) is 17.7 Å². The second kappa shape index (κ2) is 5.69. The Morgan fingerprint density at radius 3 is 2.82 bits per heavy atom. The van der Waals surface area contributed by atoms with Crippen LogP contribution in [0.15, 0.2) is 42.6 Å². The number of rotatable bonds is 3. The monoisotopic (exact) mass is 316 g/mol. The molecule has 2 aromatic carbocycles. The minimum absolute atomic E-state index is 0.198. The highest BCUT2D eigenvalue weighted by molar-refractivity contribution is 6.34. The van der Waals surface area contributed by atoms with Crippen molar-refractivity contribution in [3.05, 3.63) is 59.0 Å². The van der Waals surface area contributed by atoms with Gasteiger partial charge in [0.1, 0.15) is 11.6 Å². The van der Waals surface area contributed by atoms with Gasteiger partial charge in [-0.25, -0.2) is 14.4 Å². The van der Waals surface area contributed by atoms with E-state index in [2.05, 4.69) is 9.97 Å². The Morgan fingerprint density at radius 2 is 2.05 bits per heavy atom. The van der Waals surface area contributed by atoms with Gasteiger partial charge in [-0.05, 0) is 31.2 Å². The largest absolute Gasteiger partial charge is 0.437 e. The molecule has 0 aliphatic rings. The maximum atomic E-state index is 13.1. The molecule has 0 aliphatic carbocycles. The van der Waals surface area contributed by atoms with Crippen molar-refractivity contribution < 1.29 is 13.9 Å². The zero-order valence-electron chi connectivity index (χ0n) is 11.5. The molecule has 6 heteroatoms. The fourth-order valence-corrected chi connectivity index (χ4v) is 2.36. The Balaban J connectivity index is 2.02. The number of carbonyl (C=O) groups excluding carboxylic acids is 1. The first kappa shape index (κ1) is 14.4. The molecule has 0 saturated heterocycles. The van der Waals surface area contributed by atoms with Crippen molar-refractivity contribution in [3.63, 3.8) is 0 Å². The number of hydrogen-bond donors (Lipinski definition) is 0. The molecule has 0 N–H and O–H groups in total. The first-order valence-electron chi connectivity index (χ1n) is 6.44. The van der Waals surface area contributed by atoms with Crippen molar-refractivity contribution in [1.29, 1.82) is 0 Å². The molecule has 0 bridgehead atoms. The van der Waals surface area contributed by atoms with Gasteiger partial charge in [0.15, 0.2) is 5.78 Å². The second-order valence-electron chi connectivity index (χ2n) is 4.61. The van der Waals surface area contributed by atoms with Crippen LogP contribution < -0.4 is 4.74 Å². The minimum atomic E-state index is -0.385. The van der Waals surface area contributed by atoms with Gasteiger partial charge in [-0.15, -0.1) is 0 Å². The Kier molecular flexibility index (Phi) is 3.73. The standard InChI is InChI=1S/C16H10ClFN2O2/c1-9(21)16-11(17)3-2-4-14(16)22-15-8-19-13-7-10(18)5-6-12(13)20-15/h2-8H,1H3. The molecule has 0 unspecified atom stereocenters. The number of ether oxygens (including phenoxy) is 1. The summed E-state index contributed by atoms with van der Waals surface area (Å²) in [5.41, 5.74) is 1.20. The lowest BCUT2D eigenvalue weighted by Crippen LogP contribution is -1.99. The van der Waals surface area contributed by atoms with Gasteiger partial charge >= 0.3 is 0 Å². The Labute approximate surface area is 130 Å². The van der Waals surface area contributed by atoms with Crippen LogP contribution in [0.1, 0.15) is 17.3 Å². The number of benzene rings is 2. The van der Waals surface area contributed by atoms with E-state index >= 15 is 0 Å². The molecular weight excluding hydrogens is 307 g/mol. The summed E-state index contributed by atoms with van der Waals surface area (Å²) < 4.78 is 18.7. The number of fused-ring (bicyclic) bond motifs is 1. The van der Waals surface area contributed by atoms with Crippen LogP contribution in [0, 0.1) is 5.82 Å². The molecule has 22 heavy (non-hydrogen) atoms. The Morgan fingerprint density at radius 1 is 1.23 bits per heavy atom. The molecule has 0 fully saturated rings. The van der Waals surface area contributed by atoms with Crippen LogP contribution in [0.4, 0.5) is 4.39 Å². The van der Waals surface area contributed by atoms with E-state index in [0.717, 1.165) is 0 Å². The van der Waals surface area contributed by atoms with Gasteiger partial charge in [-0.2, -0.15) is 0 Å². The smallest absolute Gasteiger partial charge is 0.238 e. The zero-order chi connectivity index (χ0) is 15.7. The maximum Gasteiger partial charge on any atom is 0.238 e. The summed E-state index contributed by atoms with van der Waals surface area (Å²) in [5, 5.41) is 0.306. The predicted molar refractivity (Wildman–Crippen MR) is 81.0 cm³/mol. The van der Waals surface area contributed by atoms with Gasteiger partial charge < -0.3 is 4.74 Å². The van der Waals surface area contributed by atoms with Crippen molar-refractivity contribution in [1.82, 2.24) is 9.97 Å². The average Bonchev–Trinajstić information content (AvgIpc) is 2.47. The fraction of sp³-hybridized carbons (Fsp3) is 0.0625. The van der Waals surface area contributed by atoms with Crippen LogP contribution in [-0.2, 0) is 0 Å². The second-order valence-corrected chi connectivity index (χ2v) is 5.02. The van der Waals surface area contributed by atoms with E-state index in [0.29, 0.717) is 21.8 Å². The SMILES string of the molecule is CC(=O)c1c(Cl)cccc1Oc1cnc2cc(F)ccc2n1. The van der Waals surface area contributed by atoms with Crippen molar-refractivity contribution in [2.45, 2.75) is 6.92 Å². The molecule has 110 valence electrons. The molecule has 0 radical (unpaired) electrons. The van der Waals surface area contributed by atoms with Crippen LogP contribution in [-0.4, -0.2) is 15.8 Å². The van der Waals surface area contributed by atoms with E-state index in [1.807, 2.05) is 0 Å². The molecule has 1 aromatic heterocycles. The Bertz CT molecular complexity index is 883. The summed E-state index contributed by atoms with van der Waals surface area (Å²) >= 11 is 6.02. The number of Topliss-reactive ketones (excluding diaryl/α,β-unsaturated/α-hetero) is 1. The topological polar surface area (TPSA) is 52.1 Å². The quantitative estimate of drug-likeness (QED) is 0.671. The number of hydrogen-bond acceptors (Lipinski definition) is 4. The lowest BCUT2D eigenvalue weighted by molar-refractivity contribution is 0.101. The predicted octanol–water partition coefficient (Wildman–Crippen LogP) is 4.42. The summed E-state index contributed by atoms with van der Waals surface area (Å²) in [6, 6.07) is 9.00. The third-order valence-electron chi connectivity index (χ3n) is 3.02. The zero-order valence-corrected chi connectivity index (χ0v) is 12.3. The molecule has 0 saturated carbocycles. The third-order valence-corrected chi connectivity index (χ3v) is 3.34. The van der Waals surface area contributed by atoms with E-state index in [1.165, 1.54) is 31.3 Å². The van der Waals surface area contributed by atoms with Gasteiger partial charge in [0.2, 0.25) is 5.88 Å². The first-order chi connectivity index (χ1) is 10.5. The van der Waals surface area contributed by atoms with Crippen molar-refractivity contribution in [2.75, 3.05) is 0 Å². The molecule has 0 amide bonds. The molecular formula is C16H10ClFN2O2. The van der Waals surface area contributed by atoms with Crippen LogP contribution in [0.5, 0.6) is 11.6 Å². The lowest BCUT2D eigenvalue weighted by atomic mass is 10.1. The van der Waals surface area contributed by atoms with Crippen LogP contribution in [0.25, 0.3) is 11.0 Å². The summed E-state index contributed by atoms with van der Waals surface area (Å²) in [5.74, 6) is -0.0970. The molecule has 3 aromatic rings. The number of halogens is 2. The normalized spacial score (nSPS) is 10.7. The summed E-state index contributed by atoms with van der Waals surface area (Å²) in [6.45, 7) is 1.41. The number of aromatic nitrogens is 2. The molecule has 3 rings (SSSR count). The van der Waals surface area contributed by atoms with Crippen molar-refractivity contribution in [2.24, 2.45) is 0 Å². The summed E-state index contributed by atoms with van der Waals surface area (Å²) in [7, 11) is 0. The van der Waals surface area contributed by atoms with E-state index in [-0.39, 0.29) is 23.0 Å². The number of ketones is 1. The van der Waals surface area contributed by atoms with E-state index < -0.39 is 0 Å². The van der Waals surface area contributed by atoms with Gasteiger partial charge in [0.25, 0.3) is 0 Å². The van der Waals surface area contributed by atoms with Crippen LogP contribution >= 0.6 is 11.6 Å². The molecule has 0 atom stereocenters. The number of carbonyl (C=O) groups is 1. The summed E-state index contributed by atoms with van der Waals surface area (Å²) in [6.07, 6.45) is 1.37. The number of nitrogens with zero attached hydrogens (tertiary/aromatic N) is 2. The highest BCUT2D eigenvalue weighted by Gasteiger charge is 2.14. The van der Waals surface area contributed by atoms with Crippen molar-refractivity contribution >= 4 is 28.4 Å². The summed E-state index contributed by atoms with van der Waals surface area (Å²) in [4.78, 5) is 20.0.